The zero-order valence-corrected chi connectivity index (χ0v) is 13.6. The van der Waals surface area contributed by atoms with Crippen molar-refractivity contribution in [1.29, 1.82) is 0 Å². The first-order valence-electron chi connectivity index (χ1n) is 5.93. The normalized spacial score (nSPS) is 11.2. The van der Waals surface area contributed by atoms with Crippen LogP contribution >= 0.6 is 15.9 Å². The molecule has 0 aliphatic carbocycles. The van der Waals surface area contributed by atoms with E-state index >= 15 is 0 Å². The van der Waals surface area contributed by atoms with Gasteiger partial charge in [0.2, 0.25) is 0 Å². The predicted molar refractivity (Wildman–Crippen MR) is 82.7 cm³/mol. The third kappa shape index (κ3) is 3.42. The van der Waals surface area contributed by atoms with Crippen molar-refractivity contribution >= 4 is 37.3 Å². The molecule has 22 heavy (non-hydrogen) atoms. The number of nitro groups is 1. The molecule has 0 bridgehead atoms. The van der Waals surface area contributed by atoms with Crippen LogP contribution in [0.15, 0.2) is 45.8 Å². The number of sulfonamides is 1. The lowest BCUT2D eigenvalue weighted by Gasteiger charge is -2.09. The molecule has 0 radical (unpaired) electrons. The number of hydrogen-bond donors (Lipinski definition) is 1. The fraction of sp³-hybridized carbons (Fsp3) is 0.0769. The van der Waals surface area contributed by atoms with Crippen LogP contribution in [0.3, 0.4) is 0 Å². The van der Waals surface area contributed by atoms with Crippen molar-refractivity contribution in [3.63, 3.8) is 0 Å². The van der Waals surface area contributed by atoms with E-state index in [0.717, 1.165) is 10.5 Å². The number of anilines is 1. The van der Waals surface area contributed by atoms with Crippen molar-refractivity contribution in [2.75, 3.05) is 4.72 Å². The third-order valence-electron chi connectivity index (χ3n) is 2.83. The molecule has 0 unspecified atom stereocenters. The van der Waals surface area contributed by atoms with Gasteiger partial charge in [0.05, 0.1) is 4.92 Å². The Bertz CT molecular complexity index is 838. The maximum absolute atomic E-state index is 13.9. The Kier molecular flexibility index (Phi) is 4.47. The third-order valence-corrected chi connectivity index (χ3v) is 4.76. The van der Waals surface area contributed by atoms with Gasteiger partial charge in [-0.25, -0.2) is 12.8 Å². The summed E-state index contributed by atoms with van der Waals surface area (Å²) >= 11 is 3.20. The molecule has 0 saturated carbocycles. The van der Waals surface area contributed by atoms with E-state index in [9.17, 15) is 22.9 Å². The lowest BCUT2D eigenvalue weighted by molar-refractivity contribution is -0.385. The van der Waals surface area contributed by atoms with Gasteiger partial charge in [-0.15, -0.1) is 0 Å². The number of benzene rings is 2. The van der Waals surface area contributed by atoms with Crippen LogP contribution in [0, 0.1) is 22.9 Å². The molecule has 1 N–H and O–H groups in total. The molecule has 0 saturated heterocycles. The zero-order chi connectivity index (χ0) is 16.5. The second-order valence-corrected chi connectivity index (χ2v) is 7.01. The standard InChI is InChI=1S/C13H10BrFN2O4S/c1-8-6-11(15)13(7-12(8)17(18)19)22(20,21)16-10-4-2-9(14)3-5-10/h2-7,16H,1H3. The Morgan fingerprint density at radius 3 is 2.36 bits per heavy atom. The summed E-state index contributed by atoms with van der Waals surface area (Å²) in [5.41, 5.74) is -0.200. The van der Waals surface area contributed by atoms with E-state index in [4.69, 9.17) is 0 Å². The topological polar surface area (TPSA) is 89.3 Å². The fourth-order valence-corrected chi connectivity index (χ4v) is 3.18. The summed E-state index contributed by atoms with van der Waals surface area (Å²) in [6.45, 7) is 1.33. The van der Waals surface area contributed by atoms with Gasteiger partial charge in [-0.2, -0.15) is 0 Å². The first-order valence-corrected chi connectivity index (χ1v) is 8.21. The zero-order valence-electron chi connectivity index (χ0n) is 11.2. The quantitative estimate of drug-likeness (QED) is 0.639. The average Bonchev–Trinajstić information content (AvgIpc) is 2.40. The molecule has 0 aliphatic heterocycles. The van der Waals surface area contributed by atoms with Crippen LogP contribution in [0.4, 0.5) is 15.8 Å². The first-order chi connectivity index (χ1) is 10.2. The van der Waals surface area contributed by atoms with Crippen LogP contribution in [0.25, 0.3) is 0 Å². The SMILES string of the molecule is Cc1cc(F)c(S(=O)(=O)Nc2ccc(Br)cc2)cc1[N+](=O)[O-]. The molecule has 0 spiro atoms. The number of halogens is 2. The molecule has 0 heterocycles. The fourth-order valence-electron chi connectivity index (χ4n) is 1.77. The van der Waals surface area contributed by atoms with Crippen LogP contribution in [-0.4, -0.2) is 13.3 Å². The highest BCUT2D eigenvalue weighted by Gasteiger charge is 2.24. The summed E-state index contributed by atoms with van der Waals surface area (Å²) < 4.78 is 41.2. The van der Waals surface area contributed by atoms with Gasteiger partial charge >= 0.3 is 0 Å². The molecule has 6 nitrogen and oxygen atoms in total. The average molecular weight is 389 g/mol. The molecule has 0 atom stereocenters. The van der Waals surface area contributed by atoms with E-state index in [-0.39, 0.29) is 11.3 Å². The molecule has 2 aromatic rings. The largest absolute Gasteiger partial charge is 0.280 e. The number of aryl methyl sites for hydroxylation is 1. The maximum atomic E-state index is 13.9. The number of rotatable bonds is 4. The van der Waals surface area contributed by atoms with Crippen molar-refractivity contribution in [2.24, 2.45) is 0 Å². The van der Waals surface area contributed by atoms with Gasteiger partial charge in [0.25, 0.3) is 15.7 Å². The molecular formula is C13H10BrFN2O4S. The Morgan fingerprint density at radius 1 is 1.23 bits per heavy atom. The van der Waals surface area contributed by atoms with E-state index in [2.05, 4.69) is 20.7 Å². The van der Waals surface area contributed by atoms with Gasteiger partial charge in [-0.3, -0.25) is 14.8 Å². The monoisotopic (exact) mass is 388 g/mol. The van der Waals surface area contributed by atoms with Crippen LogP contribution in [-0.2, 0) is 10.0 Å². The number of nitrogens with zero attached hydrogens (tertiary/aromatic N) is 1. The summed E-state index contributed by atoms with van der Waals surface area (Å²) in [4.78, 5) is 9.34. The lowest BCUT2D eigenvalue weighted by atomic mass is 10.2. The summed E-state index contributed by atoms with van der Waals surface area (Å²) in [6, 6.07) is 7.70. The van der Waals surface area contributed by atoms with Crippen LogP contribution in [0.2, 0.25) is 0 Å². The number of nitro benzene ring substituents is 1. The van der Waals surface area contributed by atoms with Crippen LogP contribution < -0.4 is 4.72 Å². The first kappa shape index (κ1) is 16.4. The van der Waals surface area contributed by atoms with Gasteiger partial charge in [-0.05, 0) is 37.3 Å². The Balaban J connectivity index is 2.47. The Hall–Kier alpha value is -2.00. The Morgan fingerprint density at radius 2 is 1.82 bits per heavy atom. The van der Waals surface area contributed by atoms with Gasteiger partial charge in [0.1, 0.15) is 10.7 Å². The smallest absolute Gasteiger partial charge is 0.273 e. The van der Waals surface area contributed by atoms with Crippen molar-refractivity contribution in [3.8, 4) is 0 Å². The van der Waals surface area contributed by atoms with E-state index in [1.165, 1.54) is 19.1 Å². The van der Waals surface area contributed by atoms with E-state index in [0.29, 0.717) is 6.07 Å². The predicted octanol–water partition coefficient (Wildman–Crippen LogP) is 3.61. The van der Waals surface area contributed by atoms with Crippen molar-refractivity contribution in [1.82, 2.24) is 0 Å². The molecule has 0 aromatic heterocycles. The van der Waals surface area contributed by atoms with Crippen LogP contribution in [0.5, 0.6) is 0 Å². The molecule has 0 aliphatic rings. The molecule has 116 valence electrons. The minimum Gasteiger partial charge on any atom is -0.280 e. The molecule has 0 amide bonds. The second kappa shape index (κ2) is 6.01. The minimum atomic E-state index is -4.27. The van der Waals surface area contributed by atoms with Crippen LogP contribution in [0.1, 0.15) is 5.56 Å². The highest BCUT2D eigenvalue weighted by molar-refractivity contribution is 9.10. The highest BCUT2D eigenvalue weighted by Crippen LogP contribution is 2.27. The molecule has 2 rings (SSSR count). The summed E-state index contributed by atoms with van der Waals surface area (Å²) in [6.07, 6.45) is 0. The van der Waals surface area contributed by atoms with Gasteiger partial charge in [-0.1, -0.05) is 15.9 Å². The van der Waals surface area contributed by atoms with Gasteiger partial charge in [0, 0.05) is 21.8 Å². The molecule has 9 heteroatoms. The van der Waals surface area contributed by atoms with Crippen molar-refractivity contribution in [2.45, 2.75) is 11.8 Å². The van der Waals surface area contributed by atoms with Gasteiger partial charge in [0.15, 0.2) is 0 Å². The maximum Gasteiger partial charge on any atom is 0.273 e. The number of nitrogens with one attached hydrogen (secondary N) is 1. The minimum absolute atomic E-state index is 0.0464. The summed E-state index contributed by atoms with van der Waals surface area (Å²) in [5, 5.41) is 10.9. The van der Waals surface area contributed by atoms with Crippen molar-refractivity contribution in [3.05, 3.63) is 62.4 Å². The summed E-state index contributed by atoms with van der Waals surface area (Å²) in [7, 11) is -4.27. The number of hydrogen-bond acceptors (Lipinski definition) is 4. The van der Waals surface area contributed by atoms with Crippen molar-refractivity contribution < 1.29 is 17.7 Å². The lowest BCUT2D eigenvalue weighted by Crippen LogP contribution is -2.15. The van der Waals surface area contributed by atoms with Gasteiger partial charge < -0.3 is 0 Å². The molecule has 0 fully saturated rings. The second-order valence-electron chi connectivity index (χ2n) is 4.44. The highest BCUT2D eigenvalue weighted by atomic mass is 79.9. The Labute approximate surface area is 134 Å². The van der Waals surface area contributed by atoms with E-state index < -0.39 is 31.3 Å². The van der Waals surface area contributed by atoms with E-state index in [1.54, 1.807) is 12.1 Å². The summed E-state index contributed by atoms with van der Waals surface area (Å²) in [5.74, 6) is -1.05. The molecular weight excluding hydrogens is 379 g/mol. The van der Waals surface area contributed by atoms with E-state index in [1.807, 2.05) is 0 Å². The molecule has 2 aromatic carbocycles.